The first-order valence-electron chi connectivity index (χ1n) is 15.0. The topological polar surface area (TPSA) is 207 Å². The Morgan fingerprint density at radius 3 is 2.52 bits per heavy atom. The molecule has 0 bridgehead atoms. The number of esters is 1. The van der Waals surface area contributed by atoms with Crippen LogP contribution in [0.25, 0.3) is 0 Å². The van der Waals surface area contributed by atoms with Crippen molar-refractivity contribution in [3.05, 3.63) is 63.4 Å². The Morgan fingerprint density at radius 2 is 1.91 bits per heavy atom. The number of rotatable bonds is 7. The molecule has 6 atom stereocenters. The molecule has 0 aromatic heterocycles. The van der Waals surface area contributed by atoms with Gasteiger partial charge in [-0.2, -0.15) is 0 Å². The fourth-order valence-electron chi connectivity index (χ4n) is 6.35. The number of Topliss-reactive ketones (excluding diaryl/α,β-unsaturated/α-hetero) is 1. The van der Waals surface area contributed by atoms with Crippen LogP contribution in [0, 0.1) is 0 Å². The average Bonchev–Trinajstić information content (AvgIpc) is 3.01. The van der Waals surface area contributed by atoms with Crippen molar-refractivity contribution >= 4 is 23.2 Å². The zero-order chi connectivity index (χ0) is 33.7. The van der Waals surface area contributed by atoms with Crippen LogP contribution < -0.4 is 10.5 Å². The van der Waals surface area contributed by atoms with E-state index in [4.69, 9.17) is 24.7 Å². The van der Waals surface area contributed by atoms with Gasteiger partial charge in [0.25, 0.3) is 0 Å². The first-order valence-corrected chi connectivity index (χ1v) is 15.0. The van der Waals surface area contributed by atoms with Gasteiger partial charge in [-0.1, -0.05) is 18.2 Å². The van der Waals surface area contributed by atoms with Crippen molar-refractivity contribution in [3.63, 3.8) is 0 Å². The van der Waals surface area contributed by atoms with Crippen molar-refractivity contribution in [2.75, 3.05) is 13.7 Å². The van der Waals surface area contributed by atoms with E-state index >= 15 is 0 Å². The Hall–Kier alpha value is -4.14. The molecule has 2 aromatic rings. The van der Waals surface area contributed by atoms with Gasteiger partial charge in [0.05, 0.1) is 54.4 Å². The summed E-state index contributed by atoms with van der Waals surface area (Å²) in [5, 5.41) is 45.7. The van der Waals surface area contributed by atoms with Gasteiger partial charge >= 0.3 is 5.97 Å². The fraction of sp³-hybridized carbons (Fsp3) is 0.455. The number of phenols is 2. The standard InChI is InChI=1S/C33H38N2O11/c1-6-19(32(41)44-7-2)35-27-16-9-8-10-20(43-5)23(16)30(39)26-25(27)29(38)17-12-33(42,15(4)36)13-21(24(17)31(26)40)46-22-11-18(34)28(37)14(3)45-22/h6,8-10,14,18,21-22,28,37-38,40,42H,7,11-13,34H2,1-5H3/b19-6+,35-27?. The normalized spacial score (nSPS) is 28.3. The maximum atomic E-state index is 14.2. The highest BCUT2D eigenvalue weighted by Gasteiger charge is 2.49. The second kappa shape index (κ2) is 12.6. The molecule has 1 saturated heterocycles. The molecular weight excluding hydrogens is 600 g/mol. The molecule has 5 rings (SSSR count). The van der Waals surface area contributed by atoms with Gasteiger partial charge in [0.1, 0.15) is 28.5 Å². The van der Waals surface area contributed by atoms with Gasteiger partial charge in [0.15, 0.2) is 12.1 Å². The van der Waals surface area contributed by atoms with Crippen LogP contribution in [0.4, 0.5) is 0 Å². The minimum Gasteiger partial charge on any atom is -0.507 e. The lowest BCUT2D eigenvalue weighted by atomic mass is 9.71. The number of hydrogen-bond donors (Lipinski definition) is 5. The average molecular weight is 639 g/mol. The number of phenolic OH excluding ortho intramolecular Hbond substituents is 2. The number of nitrogens with zero attached hydrogens (tertiary/aromatic N) is 1. The highest BCUT2D eigenvalue weighted by molar-refractivity contribution is 6.33. The second-order valence-electron chi connectivity index (χ2n) is 11.7. The third kappa shape index (κ3) is 5.47. The van der Waals surface area contributed by atoms with Gasteiger partial charge in [0.2, 0.25) is 5.78 Å². The number of ether oxygens (including phenoxy) is 4. The molecule has 3 aliphatic rings. The lowest BCUT2D eigenvalue weighted by Gasteiger charge is -2.42. The SMILES string of the molecule is C/C=C(/N=C1c2cccc(OC)c2C(=O)c2c(O)c3c(c(O)c21)CC(O)(C(C)=O)CC3OC1CC(N)C(O)C(C)O1)C(=O)OCC. The largest absolute Gasteiger partial charge is 0.507 e. The maximum Gasteiger partial charge on any atom is 0.356 e. The molecule has 1 aliphatic heterocycles. The van der Waals surface area contributed by atoms with Gasteiger partial charge in [-0.3, -0.25) is 9.59 Å². The smallest absolute Gasteiger partial charge is 0.356 e. The van der Waals surface area contributed by atoms with Gasteiger partial charge in [-0.05, 0) is 33.8 Å². The number of carbonyl (C=O) groups is 3. The van der Waals surface area contributed by atoms with Crippen LogP contribution >= 0.6 is 0 Å². The number of hydrogen-bond acceptors (Lipinski definition) is 13. The fourth-order valence-corrected chi connectivity index (χ4v) is 6.35. The molecule has 13 nitrogen and oxygen atoms in total. The molecule has 2 aromatic carbocycles. The highest BCUT2D eigenvalue weighted by atomic mass is 16.7. The van der Waals surface area contributed by atoms with E-state index in [1.165, 1.54) is 20.1 Å². The predicted molar refractivity (Wildman–Crippen MR) is 163 cm³/mol. The van der Waals surface area contributed by atoms with Crippen molar-refractivity contribution in [1.82, 2.24) is 0 Å². The molecule has 0 radical (unpaired) electrons. The summed E-state index contributed by atoms with van der Waals surface area (Å²) in [7, 11) is 1.37. The number of aliphatic hydroxyl groups excluding tert-OH is 1. The molecule has 46 heavy (non-hydrogen) atoms. The number of aliphatic hydroxyl groups is 2. The van der Waals surface area contributed by atoms with Gasteiger partial charge in [-0.25, -0.2) is 9.79 Å². The summed E-state index contributed by atoms with van der Waals surface area (Å²) < 4.78 is 22.6. The minimum absolute atomic E-state index is 0.0270. The van der Waals surface area contributed by atoms with Crippen LogP contribution in [0.1, 0.15) is 84.8 Å². The van der Waals surface area contributed by atoms with Gasteiger partial charge in [-0.15, -0.1) is 0 Å². The Kier molecular flexibility index (Phi) is 9.08. The number of fused-ring (bicyclic) bond motifs is 3. The molecule has 6 unspecified atom stereocenters. The number of aliphatic imine (C=N–C) groups is 1. The van der Waals surface area contributed by atoms with E-state index in [2.05, 4.69) is 4.99 Å². The van der Waals surface area contributed by atoms with E-state index < -0.39 is 71.7 Å². The third-order valence-corrected chi connectivity index (χ3v) is 8.81. The lowest BCUT2D eigenvalue weighted by molar-refractivity contribution is -0.247. The molecule has 246 valence electrons. The Bertz CT molecular complexity index is 1650. The molecule has 0 saturated carbocycles. The van der Waals surface area contributed by atoms with Crippen LogP contribution in [0.15, 0.2) is 35.0 Å². The molecule has 1 fully saturated rings. The summed E-state index contributed by atoms with van der Waals surface area (Å²) in [6.45, 7) is 6.07. The Labute approximate surface area is 265 Å². The molecule has 0 amide bonds. The number of carbonyl (C=O) groups excluding carboxylic acids is 3. The molecule has 6 N–H and O–H groups in total. The molecule has 1 heterocycles. The Morgan fingerprint density at radius 1 is 1.20 bits per heavy atom. The Balaban J connectivity index is 1.78. The van der Waals surface area contributed by atoms with Crippen molar-refractivity contribution in [1.29, 1.82) is 0 Å². The first kappa shape index (κ1) is 33.2. The number of methoxy groups -OCH3 is 1. The molecule has 0 spiro atoms. The lowest BCUT2D eigenvalue weighted by Crippen LogP contribution is -2.52. The van der Waals surface area contributed by atoms with Crippen molar-refractivity contribution in [2.24, 2.45) is 10.7 Å². The third-order valence-electron chi connectivity index (χ3n) is 8.81. The van der Waals surface area contributed by atoms with Gasteiger partial charge in [0, 0.05) is 42.0 Å². The van der Waals surface area contributed by atoms with Crippen LogP contribution in [0.5, 0.6) is 17.2 Å². The summed E-state index contributed by atoms with van der Waals surface area (Å²) >= 11 is 0. The first-order chi connectivity index (χ1) is 21.8. The molecule has 2 aliphatic carbocycles. The van der Waals surface area contributed by atoms with E-state index in [9.17, 15) is 34.8 Å². The van der Waals surface area contributed by atoms with E-state index in [0.717, 1.165) is 0 Å². The van der Waals surface area contributed by atoms with E-state index in [-0.39, 0.29) is 70.0 Å². The maximum absolute atomic E-state index is 14.2. The summed E-state index contributed by atoms with van der Waals surface area (Å²) in [6, 6.07) is 4.00. The van der Waals surface area contributed by atoms with Gasteiger partial charge < -0.3 is 45.1 Å². The number of benzene rings is 2. The van der Waals surface area contributed by atoms with E-state index in [1.807, 2.05) is 0 Å². The van der Waals surface area contributed by atoms with Crippen LogP contribution in [0.3, 0.4) is 0 Å². The monoisotopic (exact) mass is 638 g/mol. The summed E-state index contributed by atoms with van der Waals surface area (Å²) in [6.07, 6.45) is -3.26. The van der Waals surface area contributed by atoms with Crippen molar-refractivity contribution in [2.45, 2.75) is 83.2 Å². The zero-order valence-electron chi connectivity index (χ0n) is 26.2. The number of allylic oxidation sites excluding steroid dienone is 1. The van der Waals surface area contributed by atoms with E-state index in [0.29, 0.717) is 0 Å². The van der Waals surface area contributed by atoms with Crippen LogP contribution in [0.2, 0.25) is 0 Å². The molecular formula is C33H38N2O11. The zero-order valence-corrected chi connectivity index (χ0v) is 26.2. The van der Waals surface area contributed by atoms with Crippen LogP contribution in [-0.2, 0) is 30.2 Å². The van der Waals surface area contributed by atoms with Crippen molar-refractivity contribution < 1.29 is 53.8 Å². The highest BCUT2D eigenvalue weighted by Crippen LogP contribution is 2.52. The summed E-state index contributed by atoms with van der Waals surface area (Å²) in [4.78, 5) is 44.3. The van der Waals surface area contributed by atoms with Crippen molar-refractivity contribution in [3.8, 4) is 17.2 Å². The van der Waals surface area contributed by atoms with Crippen LogP contribution in [-0.4, -0.2) is 87.5 Å². The quantitative estimate of drug-likeness (QED) is 0.143. The number of ketones is 2. The predicted octanol–water partition coefficient (Wildman–Crippen LogP) is 2.10. The minimum atomic E-state index is -2.03. The second-order valence-corrected chi connectivity index (χ2v) is 11.7. The van der Waals surface area contributed by atoms with E-state index in [1.54, 1.807) is 39.0 Å². The number of aromatic hydroxyl groups is 2. The summed E-state index contributed by atoms with van der Waals surface area (Å²) in [5.41, 5.74) is 3.50. The molecule has 13 heteroatoms. The summed E-state index contributed by atoms with van der Waals surface area (Å²) in [5.74, 6) is -3.03. The number of nitrogens with two attached hydrogens (primary N) is 1.